The number of rotatable bonds is 8. The monoisotopic (exact) mass is 403 g/mol. The van der Waals surface area contributed by atoms with E-state index in [-0.39, 0.29) is 17.1 Å². The van der Waals surface area contributed by atoms with E-state index in [2.05, 4.69) is 36.4 Å². The zero-order valence-electron chi connectivity index (χ0n) is 17.4. The van der Waals surface area contributed by atoms with Crippen LogP contribution < -0.4 is 15.4 Å². The van der Waals surface area contributed by atoms with Crippen molar-refractivity contribution < 1.29 is 14.3 Å². The Morgan fingerprint density at radius 2 is 1.96 bits per heavy atom. The van der Waals surface area contributed by atoms with Crippen molar-refractivity contribution in [3.63, 3.8) is 0 Å². The fraction of sp³-hybridized carbons (Fsp3) is 0.476. The average Bonchev–Trinajstić information content (AvgIpc) is 2.99. The number of methoxy groups -OCH3 is 1. The second-order valence-electron chi connectivity index (χ2n) is 7.73. The maximum atomic E-state index is 12.3. The summed E-state index contributed by atoms with van der Waals surface area (Å²) in [5.41, 5.74) is 2.55. The molecule has 0 spiro atoms. The number of nitrogens with zero attached hydrogens (tertiary/aromatic N) is 1. The van der Waals surface area contributed by atoms with Gasteiger partial charge in [-0.15, -0.1) is 0 Å². The minimum atomic E-state index is -0.0640. The first kappa shape index (κ1) is 21.9. The number of ether oxygens (including phenoxy) is 1. The molecule has 0 aliphatic rings. The van der Waals surface area contributed by atoms with E-state index in [9.17, 15) is 9.59 Å². The van der Waals surface area contributed by atoms with Gasteiger partial charge in [-0.3, -0.25) is 9.59 Å². The second-order valence-corrected chi connectivity index (χ2v) is 8.73. The van der Waals surface area contributed by atoms with Gasteiger partial charge in [0, 0.05) is 19.9 Å². The number of hydrogen-bond acceptors (Lipinski definition) is 6. The van der Waals surface area contributed by atoms with Gasteiger partial charge in [0.1, 0.15) is 5.75 Å². The molecule has 0 fully saturated rings. The molecule has 0 aliphatic carbocycles. The van der Waals surface area contributed by atoms with Crippen LogP contribution in [0.5, 0.6) is 5.75 Å². The van der Waals surface area contributed by atoms with Crippen molar-refractivity contribution in [2.24, 2.45) is 0 Å². The lowest BCUT2D eigenvalue weighted by molar-refractivity contribution is -0.116. The normalized spacial score (nSPS) is 11.2. The van der Waals surface area contributed by atoms with E-state index in [0.717, 1.165) is 11.3 Å². The number of ketones is 1. The number of Topliss-reactive ketones (excluding diaryl/α,β-unsaturated/α-hetero) is 1. The van der Waals surface area contributed by atoms with E-state index in [4.69, 9.17) is 4.74 Å². The molecule has 0 saturated heterocycles. The summed E-state index contributed by atoms with van der Waals surface area (Å²) < 4.78 is 5.37. The largest absolute Gasteiger partial charge is 0.495 e. The number of nitrogens with one attached hydrogen (secondary N) is 2. The van der Waals surface area contributed by atoms with Gasteiger partial charge in [0.25, 0.3) is 0 Å². The Balaban J connectivity index is 1.89. The smallest absolute Gasteiger partial charge is 0.224 e. The standard InChI is InChI=1S/C21H29N3O3S/c1-13-19(14(2)25)28-20(23-13)22-11-7-8-18(26)24-16-12-15(21(3,4)5)9-10-17(16)27-6/h9-10,12H,7-8,11H2,1-6H3,(H,22,23)(H,24,26). The van der Waals surface area contributed by atoms with Gasteiger partial charge < -0.3 is 15.4 Å². The van der Waals surface area contributed by atoms with Gasteiger partial charge in [-0.2, -0.15) is 0 Å². The fourth-order valence-corrected chi connectivity index (χ4v) is 3.62. The molecule has 0 unspecified atom stereocenters. The maximum Gasteiger partial charge on any atom is 0.224 e. The molecule has 0 atom stereocenters. The van der Waals surface area contributed by atoms with Crippen LogP contribution in [0.15, 0.2) is 18.2 Å². The molecule has 1 amide bonds. The van der Waals surface area contributed by atoms with Crippen molar-refractivity contribution in [3.8, 4) is 5.75 Å². The molecule has 0 aliphatic heterocycles. The van der Waals surface area contributed by atoms with E-state index in [1.807, 2.05) is 25.1 Å². The second kappa shape index (κ2) is 9.19. The number of benzene rings is 1. The lowest BCUT2D eigenvalue weighted by atomic mass is 9.87. The highest BCUT2D eigenvalue weighted by molar-refractivity contribution is 7.17. The Morgan fingerprint density at radius 1 is 1.25 bits per heavy atom. The first-order chi connectivity index (χ1) is 13.1. The lowest BCUT2D eigenvalue weighted by Crippen LogP contribution is -2.16. The third kappa shape index (κ3) is 5.79. The molecule has 28 heavy (non-hydrogen) atoms. The van der Waals surface area contributed by atoms with Gasteiger partial charge in [-0.1, -0.05) is 38.2 Å². The first-order valence-electron chi connectivity index (χ1n) is 9.32. The summed E-state index contributed by atoms with van der Waals surface area (Å²) in [7, 11) is 1.59. The SMILES string of the molecule is COc1ccc(C(C)(C)C)cc1NC(=O)CCCNc1nc(C)c(C(C)=O)s1. The van der Waals surface area contributed by atoms with Crippen molar-refractivity contribution >= 4 is 33.8 Å². The highest BCUT2D eigenvalue weighted by atomic mass is 32.1. The van der Waals surface area contributed by atoms with Crippen LogP contribution in [-0.4, -0.2) is 30.3 Å². The molecule has 2 N–H and O–H groups in total. The molecule has 7 heteroatoms. The molecule has 6 nitrogen and oxygen atoms in total. The third-order valence-corrected chi connectivity index (χ3v) is 5.53. The molecular weight excluding hydrogens is 374 g/mol. The minimum Gasteiger partial charge on any atom is -0.495 e. The van der Waals surface area contributed by atoms with Gasteiger partial charge in [0.05, 0.1) is 23.4 Å². The number of carbonyl (C=O) groups excluding carboxylic acids is 2. The number of amides is 1. The van der Waals surface area contributed by atoms with Gasteiger partial charge in [0.15, 0.2) is 10.9 Å². The van der Waals surface area contributed by atoms with Crippen LogP contribution >= 0.6 is 11.3 Å². The van der Waals surface area contributed by atoms with E-state index < -0.39 is 0 Å². The van der Waals surface area contributed by atoms with E-state index in [0.29, 0.717) is 40.8 Å². The molecule has 0 saturated carbocycles. The van der Waals surface area contributed by atoms with Crippen molar-refractivity contribution in [2.75, 3.05) is 24.3 Å². The number of carbonyl (C=O) groups is 2. The molecule has 1 heterocycles. The topological polar surface area (TPSA) is 80.3 Å². The Morgan fingerprint density at radius 3 is 2.54 bits per heavy atom. The quantitative estimate of drug-likeness (QED) is 0.489. The first-order valence-corrected chi connectivity index (χ1v) is 10.1. The molecule has 2 rings (SSSR count). The van der Waals surface area contributed by atoms with Crippen LogP contribution in [0.4, 0.5) is 10.8 Å². The summed E-state index contributed by atoms with van der Waals surface area (Å²) in [6.07, 6.45) is 1.03. The average molecular weight is 404 g/mol. The van der Waals surface area contributed by atoms with Crippen LogP contribution in [0.2, 0.25) is 0 Å². The Labute approximate surface area is 170 Å². The summed E-state index contributed by atoms with van der Waals surface area (Å²) in [4.78, 5) is 28.9. The summed E-state index contributed by atoms with van der Waals surface area (Å²) >= 11 is 1.35. The van der Waals surface area contributed by atoms with Crippen molar-refractivity contribution in [2.45, 2.75) is 52.9 Å². The third-order valence-electron chi connectivity index (χ3n) is 4.31. The van der Waals surface area contributed by atoms with E-state index in [1.165, 1.54) is 18.3 Å². The van der Waals surface area contributed by atoms with Crippen LogP contribution in [0.1, 0.15) is 61.5 Å². The summed E-state index contributed by atoms with van der Waals surface area (Å²) in [6, 6.07) is 5.87. The zero-order chi connectivity index (χ0) is 20.9. The minimum absolute atomic E-state index is 0.0137. The fourth-order valence-electron chi connectivity index (χ4n) is 2.73. The van der Waals surface area contributed by atoms with Gasteiger partial charge in [-0.25, -0.2) is 4.98 Å². The number of aromatic nitrogens is 1. The maximum absolute atomic E-state index is 12.3. The van der Waals surface area contributed by atoms with Crippen molar-refractivity contribution in [1.29, 1.82) is 0 Å². The van der Waals surface area contributed by atoms with Crippen LogP contribution in [-0.2, 0) is 10.2 Å². The van der Waals surface area contributed by atoms with E-state index >= 15 is 0 Å². The van der Waals surface area contributed by atoms with Gasteiger partial charge >= 0.3 is 0 Å². The summed E-state index contributed by atoms with van der Waals surface area (Å²) in [6.45, 7) is 10.4. The summed E-state index contributed by atoms with van der Waals surface area (Å²) in [5, 5.41) is 6.84. The zero-order valence-corrected chi connectivity index (χ0v) is 18.3. The number of aryl methyl sites for hydroxylation is 1. The van der Waals surface area contributed by atoms with Crippen LogP contribution in [0, 0.1) is 6.92 Å². The van der Waals surface area contributed by atoms with Crippen LogP contribution in [0.3, 0.4) is 0 Å². The molecule has 1 aromatic carbocycles. The van der Waals surface area contributed by atoms with Gasteiger partial charge in [0.2, 0.25) is 5.91 Å². The van der Waals surface area contributed by atoms with Crippen molar-refractivity contribution in [3.05, 3.63) is 34.3 Å². The molecular formula is C21H29N3O3S. The van der Waals surface area contributed by atoms with Crippen molar-refractivity contribution in [1.82, 2.24) is 4.98 Å². The Kier molecular flexibility index (Phi) is 7.18. The Hall–Kier alpha value is -2.41. The molecule has 152 valence electrons. The molecule has 0 radical (unpaired) electrons. The molecule has 2 aromatic rings. The van der Waals surface area contributed by atoms with Crippen LogP contribution in [0.25, 0.3) is 0 Å². The lowest BCUT2D eigenvalue weighted by Gasteiger charge is -2.21. The highest BCUT2D eigenvalue weighted by Crippen LogP contribution is 2.31. The number of thiazole rings is 1. The predicted molar refractivity (Wildman–Crippen MR) is 115 cm³/mol. The predicted octanol–water partition coefficient (Wildman–Crippen LogP) is 4.79. The summed E-state index contributed by atoms with van der Waals surface area (Å²) in [5.74, 6) is 0.606. The highest BCUT2D eigenvalue weighted by Gasteiger charge is 2.17. The number of hydrogen-bond donors (Lipinski definition) is 2. The number of anilines is 2. The van der Waals surface area contributed by atoms with Gasteiger partial charge in [-0.05, 0) is 36.5 Å². The molecule has 0 bridgehead atoms. The van der Waals surface area contributed by atoms with E-state index in [1.54, 1.807) is 7.11 Å². The molecule has 1 aromatic heterocycles. The Bertz CT molecular complexity index is 853.